The maximum absolute atomic E-state index is 13.8. The van der Waals surface area contributed by atoms with Gasteiger partial charge in [-0.2, -0.15) is 13.5 Å². The lowest BCUT2D eigenvalue weighted by Crippen LogP contribution is -2.43. The van der Waals surface area contributed by atoms with Gasteiger partial charge in [-0.25, -0.2) is 4.98 Å². The molecule has 0 radical (unpaired) electrons. The molecule has 0 atom stereocenters. The number of anilines is 1. The fraction of sp³-hybridized carbons (Fsp3) is 0.227. The summed E-state index contributed by atoms with van der Waals surface area (Å²) in [6, 6.07) is 34.3. The monoisotopic (exact) mass is 769 g/mol. The molecule has 1 fully saturated rings. The molecule has 56 heavy (non-hydrogen) atoms. The van der Waals surface area contributed by atoms with Crippen LogP contribution in [0.15, 0.2) is 131 Å². The summed E-state index contributed by atoms with van der Waals surface area (Å²) in [5, 5.41) is 9.98. The van der Waals surface area contributed by atoms with E-state index in [9.17, 15) is 22.6 Å². The molecule has 1 aliphatic heterocycles. The highest BCUT2D eigenvalue weighted by Crippen LogP contribution is 2.43. The zero-order chi connectivity index (χ0) is 39.0. The van der Waals surface area contributed by atoms with Crippen molar-refractivity contribution < 1.29 is 27.3 Å². The summed E-state index contributed by atoms with van der Waals surface area (Å²) in [7, 11) is -4.40. The molecular formula is C44H43N5O6S. The molecule has 286 valence electrons. The van der Waals surface area contributed by atoms with E-state index < -0.39 is 15.5 Å². The third-order valence-corrected chi connectivity index (χ3v) is 11.2. The topological polar surface area (TPSA) is 159 Å². The average Bonchev–Trinajstić information content (AvgIpc) is 3.73. The number of carbonyl (C=O) groups is 2. The van der Waals surface area contributed by atoms with Crippen molar-refractivity contribution in [3.05, 3.63) is 149 Å². The van der Waals surface area contributed by atoms with E-state index in [1.54, 1.807) is 18.2 Å². The molecular weight excluding hydrogens is 727 g/mol. The number of amides is 2. The summed E-state index contributed by atoms with van der Waals surface area (Å²) in [5.74, 6) is 0.836. The minimum Gasteiger partial charge on any atom is -0.489 e. The van der Waals surface area contributed by atoms with E-state index in [1.165, 1.54) is 52.9 Å². The summed E-state index contributed by atoms with van der Waals surface area (Å²) in [6.07, 6.45) is 9.72. The lowest BCUT2D eigenvalue weighted by Gasteiger charge is -2.30. The molecule has 0 bridgehead atoms. The smallest absolute Gasteiger partial charge is 0.295 e. The van der Waals surface area contributed by atoms with Gasteiger partial charge in [-0.3, -0.25) is 19.6 Å². The van der Waals surface area contributed by atoms with Crippen LogP contribution in [0.1, 0.15) is 64.7 Å². The largest absolute Gasteiger partial charge is 0.489 e. The Hall–Kier alpha value is -6.11. The normalized spacial score (nSPS) is 14.7. The maximum Gasteiger partial charge on any atom is 0.295 e. The van der Waals surface area contributed by atoms with Crippen molar-refractivity contribution in [3.63, 3.8) is 0 Å². The van der Waals surface area contributed by atoms with Gasteiger partial charge >= 0.3 is 0 Å². The number of benzene rings is 4. The van der Waals surface area contributed by atoms with E-state index in [1.807, 2.05) is 24.3 Å². The Labute approximate surface area is 326 Å². The van der Waals surface area contributed by atoms with E-state index in [-0.39, 0.29) is 22.3 Å². The highest BCUT2D eigenvalue weighted by Gasteiger charge is 2.43. The number of fused-ring (bicyclic) bond motifs is 1. The molecule has 5 aromatic rings. The summed E-state index contributed by atoms with van der Waals surface area (Å²) >= 11 is 0. The van der Waals surface area contributed by atoms with Crippen molar-refractivity contribution in [1.82, 2.24) is 15.6 Å². The second-order valence-electron chi connectivity index (χ2n) is 14.1. The Balaban J connectivity index is 0.883. The van der Waals surface area contributed by atoms with Gasteiger partial charge in [0.05, 0.1) is 17.2 Å². The van der Waals surface area contributed by atoms with Crippen LogP contribution in [0.2, 0.25) is 0 Å². The first-order chi connectivity index (χ1) is 27.2. The number of carbonyl (C=O) groups excluding carboxylic acids is 2. The van der Waals surface area contributed by atoms with Crippen LogP contribution in [0.4, 0.5) is 5.82 Å². The van der Waals surface area contributed by atoms with Crippen LogP contribution in [0.3, 0.4) is 0 Å². The van der Waals surface area contributed by atoms with Crippen molar-refractivity contribution in [2.45, 2.75) is 48.8 Å². The van der Waals surface area contributed by atoms with Gasteiger partial charge in [-0.05, 0) is 83.9 Å². The molecule has 1 aromatic heterocycles. The first kappa shape index (κ1) is 38.2. The highest BCUT2D eigenvalue weighted by molar-refractivity contribution is 7.86. The number of hydrazone groups is 1. The van der Waals surface area contributed by atoms with E-state index in [2.05, 4.69) is 80.8 Å². The molecule has 1 saturated carbocycles. The Morgan fingerprint density at radius 2 is 1.59 bits per heavy atom. The molecule has 7 rings (SSSR count). The molecule has 0 saturated heterocycles. The second-order valence-corrected chi connectivity index (χ2v) is 15.4. The summed E-state index contributed by atoms with van der Waals surface area (Å²) in [4.78, 5) is 30.4. The predicted octanol–water partition coefficient (Wildman–Crippen LogP) is 7.21. The number of nitrogens with zero attached hydrogens (tertiary/aromatic N) is 2. The lowest BCUT2D eigenvalue weighted by atomic mass is 9.77. The third kappa shape index (κ3) is 9.05. The molecule has 1 aliphatic carbocycles. The Kier molecular flexibility index (Phi) is 11.7. The van der Waals surface area contributed by atoms with Gasteiger partial charge in [0.25, 0.3) is 16.0 Å². The van der Waals surface area contributed by atoms with Gasteiger partial charge < -0.3 is 15.4 Å². The van der Waals surface area contributed by atoms with Crippen molar-refractivity contribution in [2.24, 2.45) is 5.10 Å². The number of hydrogen-bond donors (Lipinski definition) is 4. The van der Waals surface area contributed by atoms with Gasteiger partial charge in [0, 0.05) is 30.4 Å². The Morgan fingerprint density at radius 3 is 2.34 bits per heavy atom. The van der Waals surface area contributed by atoms with Crippen LogP contribution in [0, 0.1) is 0 Å². The summed E-state index contributed by atoms with van der Waals surface area (Å²) in [6.45, 7) is 1.29. The van der Waals surface area contributed by atoms with Gasteiger partial charge in [0.15, 0.2) is 0 Å². The van der Waals surface area contributed by atoms with Crippen LogP contribution in [0.5, 0.6) is 5.75 Å². The van der Waals surface area contributed by atoms with Crippen LogP contribution in [0.25, 0.3) is 17.2 Å². The Bertz CT molecular complexity index is 2360. The molecule has 2 heterocycles. The molecule has 0 unspecified atom stereocenters. The molecule has 12 heteroatoms. The zero-order valence-corrected chi connectivity index (χ0v) is 31.6. The van der Waals surface area contributed by atoms with E-state index in [4.69, 9.17) is 4.74 Å². The van der Waals surface area contributed by atoms with E-state index >= 15 is 0 Å². The highest BCUT2D eigenvalue weighted by atomic mass is 32.2. The summed E-state index contributed by atoms with van der Waals surface area (Å²) in [5.41, 5.74) is 9.44. The number of rotatable bonds is 14. The van der Waals surface area contributed by atoms with Crippen molar-refractivity contribution in [1.29, 1.82) is 0 Å². The van der Waals surface area contributed by atoms with Crippen LogP contribution in [-0.2, 0) is 26.7 Å². The molecule has 4 N–H and O–H groups in total. The SMILES string of the molecule is O=C(NCCCNC(=O)C1(c2ccc3c(c2)OCC(Cc2ccc(-c4ccccc4)cc2)=C3)CCCC1)c1ccc(N/N=C/c2ccccc2S(=O)(=O)O)nc1. The van der Waals surface area contributed by atoms with Crippen molar-refractivity contribution in [3.8, 4) is 16.9 Å². The minimum atomic E-state index is -4.40. The maximum atomic E-state index is 13.8. The number of aromatic nitrogens is 1. The predicted molar refractivity (Wildman–Crippen MR) is 217 cm³/mol. The quantitative estimate of drug-likeness (QED) is 0.0399. The molecule has 2 amide bonds. The number of pyridine rings is 1. The standard InChI is InChI=1S/C44H43N5O6S/c50-42(37-18-20-41(47-28-37)49-48-29-36-11-4-5-12-40(36)56(52,53)54)45-23-8-24-46-43(51)44(21-6-7-22-44)38-19-17-35-26-32(30-55-39(35)27-38)25-31-13-15-34(16-14-31)33-9-2-1-3-10-33/h1-5,9-20,26-29H,6-8,21-25,30H2,(H,45,50)(H,46,51)(H,47,49)(H,52,53,54)/b48-29+. The minimum absolute atomic E-state index is 0.00341. The number of nitrogens with one attached hydrogen (secondary N) is 3. The lowest BCUT2D eigenvalue weighted by molar-refractivity contribution is -0.126. The van der Waals surface area contributed by atoms with Crippen LogP contribution < -0.4 is 20.8 Å². The van der Waals surface area contributed by atoms with Gasteiger partial charge in [0.1, 0.15) is 23.1 Å². The van der Waals surface area contributed by atoms with Gasteiger partial charge in [-0.15, -0.1) is 0 Å². The van der Waals surface area contributed by atoms with Crippen LogP contribution in [-0.4, -0.2) is 55.7 Å². The fourth-order valence-electron chi connectivity index (χ4n) is 7.29. The first-order valence-corrected chi connectivity index (χ1v) is 20.1. The van der Waals surface area contributed by atoms with Gasteiger partial charge in [-0.1, -0.05) is 97.8 Å². The van der Waals surface area contributed by atoms with Crippen molar-refractivity contribution in [2.75, 3.05) is 25.1 Å². The van der Waals surface area contributed by atoms with Gasteiger partial charge in [0.2, 0.25) is 5.91 Å². The number of hydrogen-bond acceptors (Lipinski definition) is 8. The van der Waals surface area contributed by atoms with E-state index in [0.717, 1.165) is 49.0 Å². The third-order valence-electron chi connectivity index (χ3n) is 10.3. The van der Waals surface area contributed by atoms with Crippen molar-refractivity contribution >= 4 is 40.0 Å². The first-order valence-electron chi connectivity index (χ1n) is 18.7. The molecule has 0 spiro atoms. The fourth-order valence-corrected chi connectivity index (χ4v) is 7.96. The molecule has 11 nitrogen and oxygen atoms in total. The van der Waals surface area contributed by atoms with Crippen LogP contribution >= 0.6 is 0 Å². The summed E-state index contributed by atoms with van der Waals surface area (Å²) < 4.78 is 38.8. The zero-order valence-electron chi connectivity index (χ0n) is 30.8. The number of ether oxygens (including phenoxy) is 1. The molecule has 2 aliphatic rings. The Morgan fingerprint density at radius 1 is 0.857 bits per heavy atom. The second kappa shape index (κ2) is 17.1. The van der Waals surface area contributed by atoms with E-state index in [0.29, 0.717) is 37.5 Å². The average molecular weight is 770 g/mol. The molecule has 4 aromatic carbocycles.